The van der Waals surface area contributed by atoms with Gasteiger partial charge < -0.3 is 60.7 Å². The summed E-state index contributed by atoms with van der Waals surface area (Å²) in [7, 11) is 9.36. The minimum absolute atomic E-state index is 0.0459. The monoisotopic (exact) mass is 1320 g/mol. The Kier molecular flexibility index (Phi) is 31.9. The number of halogens is 1. The van der Waals surface area contributed by atoms with E-state index in [0.29, 0.717) is 0 Å². The Bertz CT molecular complexity index is 2540. The van der Waals surface area contributed by atoms with Gasteiger partial charge in [-0.1, -0.05) is 125 Å². The smallest absolute Gasteiger partial charge is 0.260 e. The third-order valence-corrected chi connectivity index (χ3v) is 18.2. The number of hydrogen-bond acceptors (Lipinski definition) is 13. The molecule has 25 heteroatoms. The number of hydrogen-bond donors (Lipinski definition) is 5. The van der Waals surface area contributed by atoms with Gasteiger partial charge in [0.25, 0.3) is 11.8 Å². The van der Waals surface area contributed by atoms with Gasteiger partial charge in [0.1, 0.15) is 48.3 Å². The van der Waals surface area contributed by atoms with Crippen molar-refractivity contribution < 1.29 is 62.6 Å². The number of rotatable bonds is 16. The highest BCUT2D eigenvalue weighted by Gasteiger charge is 2.59. The molecule has 1 rings (SSSR count). The Labute approximate surface area is 539 Å². The van der Waals surface area contributed by atoms with E-state index in [9.17, 15) is 43.5 Å². The fourth-order valence-electron chi connectivity index (χ4n) is 11.5. The van der Waals surface area contributed by atoms with Gasteiger partial charge in [-0.2, -0.15) is 0 Å². The molecule has 0 radical (unpaired) electrons. The van der Waals surface area contributed by atoms with Gasteiger partial charge in [0.05, 0.1) is 12.6 Å². The predicted molar refractivity (Wildman–Crippen MR) is 346 cm³/mol. The maximum absolute atomic E-state index is 15.8. The summed E-state index contributed by atoms with van der Waals surface area (Å²) < 4.78 is -2.02. The number of nitrogens with zero attached hydrogens (tertiary/aromatic N) is 7. The van der Waals surface area contributed by atoms with Crippen molar-refractivity contribution in [2.24, 2.45) is 41.4 Å². The molecule has 11 amide bonds. The molecule has 1 aliphatic heterocycles. The number of allylic oxidation sites excluding steroid dienone is 2. The van der Waals surface area contributed by atoms with Gasteiger partial charge in [-0.3, -0.25) is 57.5 Å². The minimum atomic E-state index is -2.43. The first-order valence-corrected chi connectivity index (χ1v) is 32.3. The Balaban J connectivity index is 4.54. The normalized spacial score (nSPS) is 27.9. The lowest BCUT2D eigenvalue weighted by Gasteiger charge is -2.49. The number of carbonyl (C=O) groups is 12. The van der Waals surface area contributed by atoms with Crippen molar-refractivity contribution in [2.45, 2.75) is 228 Å². The standard InChI is InChI=1S/C64H112BrN11O13/c1-26-28-29-41(15)52(79)51-56(83)68-45(27-2)58(85)70(19)34-49(78)71(20)46(30-35(3)4)55(82)69-50(39(11)12)60(87)72(21)47(31-36(5)6)54(81)66-42(16)53(80)67-43(17)57(84)73(22)48(32-37(7)8)59(86)75(24)63(65,33-38(9)10)61(88)76(25)64(40(13)14,44(18)77)62(89)74(51)23/h26,28,35-43,45-48,50-52,79H,27,29-34H2,1-25H3,(H,66,81)(H,67,80)(H,68,83)(H,69,82)/b28-26+/t41-,42+,43-,45+,46+,47+,48+,50+,51+,52-,63-,64+/m1/s1. The van der Waals surface area contributed by atoms with E-state index in [1.807, 2.05) is 41.5 Å². The SMILES string of the molecule is C/C=C/C[C@@H](C)[C@@H](O)[C@H]1C(=O)N[C@@H](CC)C(=O)N(C)CC(=O)N(C)[C@@H](CC(C)C)C(=O)N[C@@H](C(C)C)C(=O)N(C)[C@@H](CC(C)C)C(=O)N[C@@H](C)C(=O)N[C@H](C)C(=O)N(C)[C@@H](CC(C)C)C(=O)N(C)[C@](Br)(CC(C)C)C(=O)N(C)[C@](C(C)=O)(C(C)C)C(=O)N1C. The molecule has 1 heterocycles. The summed E-state index contributed by atoms with van der Waals surface area (Å²) in [4.78, 5) is 185. The van der Waals surface area contributed by atoms with E-state index in [0.717, 1.165) is 26.5 Å². The molecule has 24 nitrogen and oxygen atoms in total. The van der Waals surface area contributed by atoms with Crippen molar-refractivity contribution in [1.29, 1.82) is 0 Å². The summed E-state index contributed by atoms with van der Waals surface area (Å²) in [5, 5.41) is 23.1. The van der Waals surface area contributed by atoms with Crippen LogP contribution in [0.4, 0.5) is 0 Å². The van der Waals surface area contributed by atoms with Crippen LogP contribution >= 0.6 is 15.9 Å². The molecule has 1 fully saturated rings. The van der Waals surface area contributed by atoms with E-state index in [-0.39, 0.29) is 62.2 Å². The second kappa shape index (κ2) is 35.0. The van der Waals surface area contributed by atoms with Crippen LogP contribution in [-0.4, -0.2) is 230 Å². The minimum Gasteiger partial charge on any atom is -0.390 e. The van der Waals surface area contributed by atoms with Crippen molar-refractivity contribution in [3.05, 3.63) is 12.2 Å². The zero-order chi connectivity index (χ0) is 69.4. The van der Waals surface area contributed by atoms with Crippen LogP contribution in [0.1, 0.15) is 163 Å². The quantitative estimate of drug-likeness (QED) is 0.0634. The largest absolute Gasteiger partial charge is 0.390 e. The Morgan fingerprint density at radius 2 is 1.06 bits per heavy atom. The first kappa shape index (κ1) is 81.0. The zero-order valence-corrected chi connectivity index (χ0v) is 59.8. The first-order valence-electron chi connectivity index (χ1n) is 31.5. The Morgan fingerprint density at radius 3 is 1.51 bits per heavy atom. The van der Waals surface area contributed by atoms with E-state index in [1.54, 1.807) is 60.6 Å². The number of carbonyl (C=O) groups excluding carboxylic acids is 12. The highest BCUT2D eigenvalue weighted by atomic mass is 79.9. The molecule has 0 bridgehead atoms. The molecule has 0 aromatic heterocycles. The summed E-state index contributed by atoms with van der Waals surface area (Å²) in [6.45, 7) is 29.5. The molecular formula is C64H112BrN11O13. The average molecular weight is 1320 g/mol. The molecule has 1 saturated heterocycles. The number of Topliss-reactive ketones (excluding diaryl/α,β-unsaturated/α-hetero) is 1. The van der Waals surface area contributed by atoms with E-state index in [4.69, 9.17) is 0 Å². The van der Waals surface area contributed by atoms with Gasteiger partial charge in [0.15, 0.2) is 15.8 Å². The molecule has 89 heavy (non-hydrogen) atoms. The number of aliphatic hydroxyl groups excluding tert-OH is 1. The van der Waals surface area contributed by atoms with Crippen molar-refractivity contribution in [1.82, 2.24) is 55.6 Å². The molecule has 0 saturated carbocycles. The number of alkyl halides is 1. The van der Waals surface area contributed by atoms with Crippen LogP contribution < -0.4 is 21.3 Å². The zero-order valence-electron chi connectivity index (χ0n) is 58.2. The third-order valence-electron chi connectivity index (χ3n) is 17.0. The predicted octanol–water partition coefficient (Wildman–Crippen LogP) is 3.95. The van der Waals surface area contributed by atoms with Crippen LogP contribution in [0.3, 0.4) is 0 Å². The van der Waals surface area contributed by atoms with Crippen LogP contribution in [0.25, 0.3) is 0 Å². The van der Waals surface area contributed by atoms with Gasteiger partial charge >= 0.3 is 0 Å². The number of amides is 11. The highest BCUT2D eigenvalue weighted by Crippen LogP contribution is 2.39. The molecular weight excluding hydrogens is 1210 g/mol. The molecule has 0 aromatic rings. The Hall–Kier alpha value is -5.98. The van der Waals surface area contributed by atoms with Gasteiger partial charge in [0.2, 0.25) is 53.2 Å². The first-order chi connectivity index (χ1) is 40.9. The summed E-state index contributed by atoms with van der Waals surface area (Å²) >= 11 is 3.66. The van der Waals surface area contributed by atoms with E-state index in [1.165, 1.54) is 91.7 Å². The van der Waals surface area contributed by atoms with Crippen molar-refractivity contribution in [2.75, 3.05) is 55.9 Å². The maximum atomic E-state index is 15.8. The van der Waals surface area contributed by atoms with Gasteiger partial charge in [-0.25, -0.2) is 0 Å². The van der Waals surface area contributed by atoms with E-state index < -0.39 is 159 Å². The summed E-state index contributed by atoms with van der Waals surface area (Å²) in [6.07, 6.45) is 2.27. The Morgan fingerprint density at radius 1 is 0.584 bits per heavy atom. The third kappa shape index (κ3) is 20.3. The van der Waals surface area contributed by atoms with E-state index in [2.05, 4.69) is 37.2 Å². The highest BCUT2D eigenvalue weighted by molar-refractivity contribution is 9.10. The van der Waals surface area contributed by atoms with Crippen LogP contribution in [-0.2, 0) is 57.5 Å². The average Bonchev–Trinajstić information content (AvgIpc) is 0.752. The lowest BCUT2D eigenvalue weighted by atomic mass is 9.78. The lowest BCUT2D eigenvalue weighted by Crippen LogP contribution is -2.72. The van der Waals surface area contributed by atoms with Crippen molar-refractivity contribution in [3.8, 4) is 0 Å². The number of likely N-dealkylation sites (N-methyl/N-ethyl adjacent to an activating group) is 7. The lowest BCUT2D eigenvalue weighted by molar-refractivity contribution is -0.169. The summed E-state index contributed by atoms with van der Waals surface area (Å²) in [5.41, 5.74) is -2.43. The molecule has 0 spiro atoms. The second-order valence-corrected chi connectivity index (χ2v) is 28.2. The number of aliphatic hydroxyl groups is 1. The van der Waals surface area contributed by atoms with Gasteiger partial charge in [-0.05, 0) is 108 Å². The molecule has 508 valence electrons. The second-order valence-electron chi connectivity index (χ2n) is 26.9. The molecule has 0 unspecified atom stereocenters. The van der Waals surface area contributed by atoms with Crippen LogP contribution in [0.5, 0.6) is 0 Å². The van der Waals surface area contributed by atoms with Crippen molar-refractivity contribution >= 4 is 86.7 Å². The molecule has 0 aromatic carbocycles. The van der Waals surface area contributed by atoms with Crippen molar-refractivity contribution in [3.63, 3.8) is 0 Å². The number of nitrogens with one attached hydrogen (secondary N) is 4. The molecule has 12 atom stereocenters. The van der Waals surface area contributed by atoms with Crippen LogP contribution in [0.2, 0.25) is 0 Å². The fourth-order valence-corrected chi connectivity index (χ4v) is 12.6. The molecule has 1 aliphatic rings. The van der Waals surface area contributed by atoms with Crippen LogP contribution in [0, 0.1) is 41.4 Å². The number of ketones is 1. The van der Waals surface area contributed by atoms with Crippen LogP contribution in [0.15, 0.2) is 12.2 Å². The summed E-state index contributed by atoms with van der Waals surface area (Å²) in [6, 6.07) is -10.5. The fraction of sp³-hybridized carbons (Fsp3) is 0.781. The maximum Gasteiger partial charge on any atom is 0.260 e. The molecule has 5 N–H and O–H groups in total. The van der Waals surface area contributed by atoms with Gasteiger partial charge in [-0.15, -0.1) is 0 Å². The summed E-state index contributed by atoms with van der Waals surface area (Å²) in [5.74, 6) is -12.7. The molecule has 0 aliphatic carbocycles. The topological polar surface area (TPSA) is 296 Å². The van der Waals surface area contributed by atoms with E-state index >= 15 is 19.2 Å². The van der Waals surface area contributed by atoms with Gasteiger partial charge in [0, 0.05) is 49.3 Å².